The number of thiocarbonyl (C=S) groups is 1. The molecule has 7 nitrogen and oxygen atoms in total. The first kappa shape index (κ1) is 19.3. The van der Waals surface area contributed by atoms with Crippen LogP contribution in [0.3, 0.4) is 0 Å². The maximum atomic E-state index is 11.5. The third-order valence-corrected chi connectivity index (χ3v) is 4.53. The van der Waals surface area contributed by atoms with Crippen LogP contribution in [-0.2, 0) is 9.53 Å². The highest BCUT2D eigenvalue weighted by atomic mass is 32.1. The van der Waals surface area contributed by atoms with E-state index in [0.717, 1.165) is 5.56 Å². The molecule has 0 spiro atoms. The Bertz CT molecular complexity index is 625. The second kappa shape index (κ2) is 8.87. The molecule has 2 rings (SSSR count). The Morgan fingerprint density at radius 2 is 2.28 bits per heavy atom. The van der Waals surface area contributed by atoms with Gasteiger partial charge in [0.2, 0.25) is 0 Å². The van der Waals surface area contributed by atoms with E-state index in [1.807, 2.05) is 30.1 Å². The summed E-state index contributed by atoms with van der Waals surface area (Å²) in [5.41, 5.74) is 0.882. The van der Waals surface area contributed by atoms with Crippen LogP contribution in [0.1, 0.15) is 18.5 Å². The molecule has 1 heterocycles. The summed E-state index contributed by atoms with van der Waals surface area (Å²) in [7, 11) is 3.41. The van der Waals surface area contributed by atoms with Gasteiger partial charge in [0, 0.05) is 18.5 Å². The smallest absolute Gasteiger partial charge is 0.325 e. The van der Waals surface area contributed by atoms with Gasteiger partial charge in [0.15, 0.2) is 16.6 Å². The Balaban J connectivity index is 2.20. The first-order valence-corrected chi connectivity index (χ1v) is 8.51. The van der Waals surface area contributed by atoms with Crippen LogP contribution in [0.4, 0.5) is 0 Å². The number of hydrogen-bond acceptors (Lipinski definition) is 6. The monoisotopic (exact) mass is 368 g/mol. The number of carbonyl (C=O) groups is 1. The van der Waals surface area contributed by atoms with Crippen molar-refractivity contribution in [2.45, 2.75) is 13.0 Å². The summed E-state index contributed by atoms with van der Waals surface area (Å²) in [6.45, 7) is 2.36. The highest BCUT2D eigenvalue weighted by molar-refractivity contribution is 7.80. The number of methoxy groups -OCH3 is 1. The van der Waals surface area contributed by atoms with Gasteiger partial charge in [-0.2, -0.15) is 0 Å². The Hall–Kier alpha value is -2.06. The van der Waals surface area contributed by atoms with Crippen LogP contribution in [0.5, 0.6) is 11.5 Å². The Morgan fingerprint density at radius 3 is 2.92 bits per heavy atom. The highest BCUT2D eigenvalue weighted by Crippen LogP contribution is 2.43. The van der Waals surface area contributed by atoms with Gasteiger partial charge >= 0.3 is 5.97 Å². The largest absolute Gasteiger partial charge is 0.493 e. The van der Waals surface area contributed by atoms with Gasteiger partial charge in [0.1, 0.15) is 6.54 Å². The minimum absolute atomic E-state index is 0.00497. The van der Waals surface area contributed by atoms with Gasteiger partial charge in [0.05, 0.1) is 33.0 Å². The molecule has 0 unspecified atom stereocenters. The molecule has 0 saturated heterocycles. The fraction of sp³-hybridized carbons (Fsp3) is 0.529. The summed E-state index contributed by atoms with van der Waals surface area (Å²) in [6, 6.07) is 5.42. The molecule has 0 fully saturated rings. The predicted molar refractivity (Wildman–Crippen MR) is 96.8 cm³/mol. The number of aliphatic hydroxyl groups is 1. The van der Waals surface area contributed by atoms with E-state index in [4.69, 9.17) is 26.4 Å². The molecular formula is C17H24N2O5S. The molecule has 0 saturated carbocycles. The first-order valence-electron chi connectivity index (χ1n) is 8.10. The van der Waals surface area contributed by atoms with Crippen molar-refractivity contribution in [2.24, 2.45) is 5.92 Å². The highest BCUT2D eigenvalue weighted by Gasteiger charge is 2.36. The lowest BCUT2D eigenvalue weighted by atomic mass is 9.90. The molecule has 1 aromatic rings. The fourth-order valence-corrected chi connectivity index (χ4v) is 3.09. The fourth-order valence-electron chi connectivity index (χ4n) is 2.90. The lowest BCUT2D eigenvalue weighted by Crippen LogP contribution is -2.46. The Labute approximate surface area is 152 Å². The van der Waals surface area contributed by atoms with E-state index in [1.165, 1.54) is 0 Å². The predicted octanol–water partition coefficient (Wildman–Crippen LogP) is 1.11. The van der Waals surface area contributed by atoms with Crippen LogP contribution in [-0.4, -0.2) is 61.6 Å². The molecule has 0 aromatic heterocycles. The maximum Gasteiger partial charge on any atom is 0.325 e. The molecule has 1 aliphatic heterocycles. The van der Waals surface area contributed by atoms with Crippen molar-refractivity contribution in [3.63, 3.8) is 0 Å². The summed E-state index contributed by atoms with van der Waals surface area (Å²) in [6.07, 6.45) is 0. The molecule has 8 heteroatoms. The molecule has 0 amide bonds. The van der Waals surface area contributed by atoms with E-state index >= 15 is 0 Å². The van der Waals surface area contributed by atoms with Gasteiger partial charge in [-0.05, 0) is 25.2 Å². The molecule has 25 heavy (non-hydrogen) atoms. The van der Waals surface area contributed by atoms with E-state index < -0.39 is 0 Å². The van der Waals surface area contributed by atoms with Gasteiger partial charge in [0.25, 0.3) is 0 Å². The normalized spacial score (nSPS) is 18.6. The van der Waals surface area contributed by atoms with E-state index in [1.54, 1.807) is 14.0 Å². The number of nitrogens with zero attached hydrogens (tertiary/aromatic N) is 1. The van der Waals surface area contributed by atoms with Crippen molar-refractivity contribution >= 4 is 23.3 Å². The third-order valence-electron chi connectivity index (χ3n) is 4.10. The van der Waals surface area contributed by atoms with E-state index in [0.29, 0.717) is 29.8 Å². The van der Waals surface area contributed by atoms with Crippen molar-refractivity contribution in [3.8, 4) is 11.5 Å². The van der Waals surface area contributed by atoms with Crippen molar-refractivity contribution in [2.75, 3.05) is 40.5 Å². The number of para-hydroxylation sites is 1. The van der Waals surface area contributed by atoms with Gasteiger partial charge in [-0.15, -0.1) is 0 Å². The second-order valence-corrected chi connectivity index (χ2v) is 6.04. The maximum absolute atomic E-state index is 11.5. The number of carbonyl (C=O) groups excluding carboxylic acids is 1. The average molecular weight is 368 g/mol. The lowest BCUT2D eigenvalue weighted by Gasteiger charge is -2.39. The van der Waals surface area contributed by atoms with Crippen LogP contribution >= 0.6 is 12.2 Å². The molecule has 1 aromatic carbocycles. The Morgan fingerprint density at radius 1 is 1.52 bits per heavy atom. The number of ether oxygens (including phenoxy) is 3. The summed E-state index contributed by atoms with van der Waals surface area (Å²) >= 11 is 5.40. The zero-order valence-corrected chi connectivity index (χ0v) is 15.5. The minimum atomic E-state index is -0.369. The number of hydrogen-bond donors (Lipinski definition) is 2. The van der Waals surface area contributed by atoms with E-state index in [-0.39, 0.29) is 31.1 Å². The standard InChI is InChI=1S/C17H24N2O5S/c1-4-23-14(21)8-18-17(25)19(2)15-11(9-20)10-24-16-12(15)6-5-7-13(16)22-3/h5-7,11,15,20H,4,8-10H2,1-3H3,(H,18,25)/t11-,15+/m0/s1. The SMILES string of the molecule is CCOC(=O)CNC(=S)N(C)[C@H]1c2cccc(OC)c2OC[C@@H]1CO. The number of rotatable bonds is 6. The van der Waals surface area contributed by atoms with Crippen LogP contribution in [0.15, 0.2) is 18.2 Å². The Kier molecular flexibility index (Phi) is 6.83. The van der Waals surface area contributed by atoms with E-state index in [9.17, 15) is 9.90 Å². The molecule has 0 radical (unpaired) electrons. The van der Waals surface area contributed by atoms with Gasteiger partial charge in [-0.3, -0.25) is 4.79 Å². The molecule has 0 bridgehead atoms. The van der Waals surface area contributed by atoms with E-state index in [2.05, 4.69) is 5.32 Å². The summed E-state index contributed by atoms with van der Waals surface area (Å²) in [4.78, 5) is 13.3. The zero-order valence-electron chi connectivity index (χ0n) is 14.7. The van der Waals surface area contributed by atoms with Gasteiger partial charge in [-0.1, -0.05) is 12.1 Å². The topological polar surface area (TPSA) is 80.3 Å². The van der Waals surface area contributed by atoms with Crippen LogP contribution < -0.4 is 14.8 Å². The second-order valence-electron chi connectivity index (χ2n) is 5.65. The molecule has 0 aliphatic carbocycles. The van der Waals surface area contributed by atoms with Crippen LogP contribution in [0.2, 0.25) is 0 Å². The molecule has 1 aliphatic rings. The van der Waals surface area contributed by atoms with Crippen molar-refractivity contribution in [1.29, 1.82) is 0 Å². The van der Waals surface area contributed by atoms with Crippen LogP contribution in [0, 0.1) is 5.92 Å². The zero-order chi connectivity index (χ0) is 18.4. The number of benzene rings is 1. The minimum Gasteiger partial charge on any atom is -0.493 e. The lowest BCUT2D eigenvalue weighted by molar-refractivity contribution is -0.141. The molecule has 2 atom stereocenters. The average Bonchev–Trinajstić information content (AvgIpc) is 2.64. The van der Waals surface area contributed by atoms with Crippen molar-refractivity contribution in [1.82, 2.24) is 10.2 Å². The first-order chi connectivity index (χ1) is 12.0. The number of esters is 1. The van der Waals surface area contributed by atoms with Crippen LogP contribution in [0.25, 0.3) is 0 Å². The summed E-state index contributed by atoms with van der Waals surface area (Å²) in [5.74, 6) is 0.760. The quantitative estimate of drug-likeness (QED) is 0.571. The molecular weight excluding hydrogens is 344 g/mol. The van der Waals surface area contributed by atoms with Crippen molar-refractivity contribution < 1.29 is 24.1 Å². The van der Waals surface area contributed by atoms with Gasteiger partial charge in [-0.25, -0.2) is 0 Å². The summed E-state index contributed by atoms with van der Waals surface area (Å²) < 4.78 is 16.0. The van der Waals surface area contributed by atoms with Crippen molar-refractivity contribution in [3.05, 3.63) is 23.8 Å². The summed E-state index contributed by atoms with van der Waals surface area (Å²) in [5, 5.41) is 13.0. The number of nitrogens with one attached hydrogen (secondary N) is 1. The third kappa shape index (κ3) is 4.32. The van der Waals surface area contributed by atoms with Gasteiger partial charge < -0.3 is 29.5 Å². The number of aliphatic hydroxyl groups excluding tert-OH is 1. The number of fused-ring (bicyclic) bond motifs is 1. The molecule has 2 N–H and O–H groups in total. The molecule has 138 valence electrons.